The van der Waals surface area contributed by atoms with E-state index in [-0.39, 0.29) is 16.0 Å². The van der Waals surface area contributed by atoms with Gasteiger partial charge < -0.3 is 4.98 Å². The van der Waals surface area contributed by atoms with Crippen LogP contribution in [0.5, 0.6) is 0 Å². The molecule has 0 fully saturated rings. The van der Waals surface area contributed by atoms with Crippen molar-refractivity contribution in [2.45, 2.75) is 0 Å². The van der Waals surface area contributed by atoms with Gasteiger partial charge in [0.15, 0.2) is 16.4 Å². The molecule has 0 aliphatic rings. The molecule has 0 spiro atoms. The van der Waals surface area contributed by atoms with Crippen molar-refractivity contribution in [2.24, 2.45) is 0 Å². The first-order valence-corrected chi connectivity index (χ1v) is 6.73. The molecular formula is C13H6BrF3N2S. The summed E-state index contributed by atoms with van der Waals surface area (Å²) in [6, 6.07) is 6.61. The van der Waals surface area contributed by atoms with Crippen LogP contribution in [0.2, 0.25) is 0 Å². The van der Waals surface area contributed by atoms with Crippen molar-refractivity contribution in [3.05, 3.63) is 57.0 Å². The molecule has 2 aromatic carbocycles. The average Bonchev–Trinajstić information content (AvgIpc) is 2.72. The van der Waals surface area contributed by atoms with Crippen molar-refractivity contribution in [3.8, 4) is 5.69 Å². The molecule has 0 aliphatic carbocycles. The van der Waals surface area contributed by atoms with Gasteiger partial charge in [-0.15, -0.1) is 0 Å². The Morgan fingerprint density at radius 1 is 1.05 bits per heavy atom. The van der Waals surface area contributed by atoms with E-state index in [1.165, 1.54) is 18.2 Å². The molecule has 0 atom stereocenters. The number of halogens is 4. The zero-order chi connectivity index (χ0) is 14.4. The van der Waals surface area contributed by atoms with E-state index < -0.39 is 17.5 Å². The van der Waals surface area contributed by atoms with Crippen molar-refractivity contribution in [1.29, 1.82) is 0 Å². The number of H-pyrrole nitrogens is 1. The van der Waals surface area contributed by atoms with Gasteiger partial charge in [0.2, 0.25) is 0 Å². The highest BCUT2D eigenvalue weighted by Crippen LogP contribution is 2.26. The number of aromatic amines is 1. The third kappa shape index (κ3) is 1.97. The van der Waals surface area contributed by atoms with Gasteiger partial charge in [0.05, 0.1) is 11.2 Å². The lowest BCUT2D eigenvalue weighted by atomic mass is 10.2. The topological polar surface area (TPSA) is 20.7 Å². The van der Waals surface area contributed by atoms with Gasteiger partial charge in [0.25, 0.3) is 0 Å². The number of fused-ring (bicyclic) bond motifs is 1. The van der Waals surface area contributed by atoms with Crippen LogP contribution in [0.25, 0.3) is 16.7 Å². The number of rotatable bonds is 1. The van der Waals surface area contributed by atoms with Gasteiger partial charge in [-0.2, -0.15) is 0 Å². The number of nitrogens with zero attached hydrogens (tertiary/aromatic N) is 1. The Bertz CT molecular complexity index is 885. The number of benzene rings is 2. The Labute approximate surface area is 125 Å². The highest BCUT2D eigenvalue weighted by molar-refractivity contribution is 9.10. The normalized spacial score (nSPS) is 11.2. The highest BCUT2D eigenvalue weighted by Gasteiger charge is 2.17. The maximum Gasteiger partial charge on any atom is 0.184 e. The van der Waals surface area contributed by atoms with Gasteiger partial charge in [-0.3, -0.25) is 4.57 Å². The largest absolute Gasteiger partial charge is 0.330 e. The Hall–Kier alpha value is -1.60. The predicted molar refractivity (Wildman–Crippen MR) is 76.0 cm³/mol. The fourth-order valence-corrected chi connectivity index (χ4v) is 2.66. The van der Waals surface area contributed by atoms with Crippen LogP contribution in [-0.2, 0) is 0 Å². The van der Waals surface area contributed by atoms with E-state index in [4.69, 9.17) is 12.2 Å². The second kappa shape index (κ2) is 4.75. The van der Waals surface area contributed by atoms with Gasteiger partial charge in [0, 0.05) is 4.47 Å². The van der Waals surface area contributed by atoms with E-state index in [2.05, 4.69) is 20.9 Å². The molecule has 20 heavy (non-hydrogen) atoms. The molecule has 102 valence electrons. The number of hydrogen-bond acceptors (Lipinski definition) is 1. The van der Waals surface area contributed by atoms with E-state index in [0.717, 1.165) is 10.6 Å². The number of nitrogens with one attached hydrogen (secondary N) is 1. The first-order valence-electron chi connectivity index (χ1n) is 5.53. The van der Waals surface area contributed by atoms with Crippen LogP contribution in [0.1, 0.15) is 0 Å². The van der Waals surface area contributed by atoms with Crippen molar-refractivity contribution < 1.29 is 13.2 Å². The molecule has 0 unspecified atom stereocenters. The molecule has 0 aliphatic heterocycles. The fraction of sp³-hybridized carbons (Fsp3) is 0. The summed E-state index contributed by atoms with van der Waals surface area (Å²) < 4.78 is 43.2. The van der Waals surface area contributed by atoms with E-state index in [9.17, 15) is 13.2 Å². The van der Waals surface area contributed by atoms with Crippen LogP contribution in [0, 0.1) is 22.2 Å². The van der Waals surface area contributed by atoms with Crippen molar-refractivity contribution >= 4 is 39.2 Å². The smallest absolute Gasteiger partial charge is 0.184 e. The molecule has 0 radical (unpaired) electrons. The molecule has 7 heteroatoms. The lowest BCUT2D eigenvalue weighted by molar-refractivity contribution is 0.514. The summed E-state index contributed by atoms with van der Waals surface area (Å²) in [7, 11) is 0. The predicted octanol–water partition coefficient (Wildman–Crippen LogP) is 4.87. The second-order valence-electron chi connectivity index (χ2n) is 4.12. The molecule has 3 aromatic rings. The molecule has 0 saturated carbocycles. The van der Waals surface area contributed by atoms with E-state index >= 15 is 0 Å². The number of aromatic nitrogens is 2. The summed E-state index contributed by atoms with van der Waals surface area (Å²) in [5.74, 6) is -2.69. The van der Waals surface area contributed by atoms with Crippen molar-refractivity contribution in [1.82, 2.24) is 9.55 Å². The first-order chi connectivity index (χ1) is 9.49. The second-order valence-corrected chi connectivity index (χ2v) is 5.42. The Balaban J connectivity index is 2.44. The van der Waals surface area contributed by atoms with Gasteiger partial charge in [-0.05, 0) is 42.5 Å². The van der Waals surface area contributed by atoms with Gasteiger partial charge in [-0.1, -0.05) is 15.9 Å². The SMILES string of the molecule is Fc1cc(Br)ccc1-n1c(=S)[nH]c2ccc(F)c(F)c21. The lowest BCUT2D eigenvalue weighted by Crippen LogP contribution is -2.00. The summed E-state index contributed by atoms with van der Waals surface area (Å²) in [6.07, 6.45) is 0. The van der Waals surface area contributed by atoms with Crippen LogP contribution in [-0.4, -0.2) is 9.55 Å². The minimum absolute atomic E-state index is 0.0500. The monoisotopic (exact) mass is 358 g/mol. The maximum atomic E-state index is 14.0. The molecule has 0 bridgehead atoms. The molecule has 1 N–H and O–H groups in total. The van der Waals surface area contributed by atoms with Crippen LogP contribution < -0.4 is 0 Å². The molecule has 1 aromatic heterocycles. The summed E-state index contributed by atoms with van der Waals surface area (Å²) >= 11 is 8.21. The zero-order valence-corrected chi connectivity index (χ0v) is 12.2. The Morgan fingerprint density at radius 2 is 1.80 bits per heavy atom. The van der Waals surface area contributed by atoms with E-state index in [1.54, 1.807) is 6.07 Å². The Morgan fingerprint density at radius 3 is 2.50 bits per heavy atom. The molecule has 0 amide bonds. The third-order valence-electron chi connectivity index (χ3n) is 2.89. The zero-order valence-electron chi connectivity index (χ0n) is 9.75. The average molecular weight is 359 g/mol. The van der Waals surface area contributed by atoms with Gasteiger partial charge in [0.1, 0.15) is 11.3 Å². The third-order valence-corrected chi connectivity index (χ3v) is 3.67. The van der Waals surface area contributed by atoms with E-state index in [0.29, 0.717) is 9.99 Å². The van der Waals surface area contributed by atoms with Crippen molar-refractivity contribution in [3.63, 3.8) is 0 Å². The molecular weight excluding hydrogens is 353 g/mol. The minimum Gasteiger partial charge on any atom is -0.330 e. The Kier molecular flexibility index (Phi) is 3.18. The molecule has 2 nitrogen and oxygen atoms in total. The summed E-state index contributed by atoms with van der Waals surface area (Å²) in [4.78, 5) is 2.73. The highest BCUT2D eigenvalue weighted by atomic mass is 79.9. The quantitative estimate of drug-likeness (QED) is 0.615. The number of hydrogen-bond donors (Lipinski definition) is 1. The lowest BCUT2D eigenvalue weighted by Gasteiger charge is -2.07. The summed E-state index contributed by atoms with van der Waals surface area (Å²) in [5, 5.41) is 0. The van der Waals surface area contributed by atoms with Crippen LogP contribution in [0.15, 0.2) is 34.8 Å². The van der Waals surface area contributed by atoms with Crippen LogP contribution in [0.3, 0.4) is 0 Å². The molecule has 3 rings (SSSR count). The minimum atomic E-state index is -1.07. The standard InChI is InChI=1S/C13H6BrF3N2S/c14-6-1-4-10(8(16)5-6)19-12-9(18-13(19)20)3-2-7(15)11(12)17/h1-5H,(H,18,20). The molecule has 0 saturated heterocycles. The maximum absolute atomic E-state index is 14.0. The number of imidazole rings is 1. The van der Waals surface area contributed by atoms with Gasteiger partial charge >= 0.3 is 0 Å². The van der Waals surface area contributed by atoms with Crippen molar-refractivity contribution in [2.75, 3.05) is 0 Å². The fourth-order valence-electron chi connectivity index (χ4n) is 2.02. The van der Waals surface area contributed by atoms with Crippen LogP contribution in [0.4, 0.5) is 13.2 Å². The van der Waals surface area contributed by atoms with E-state index in [1.807, 2.05) is 0 Å². The molecule has 1 heterocycles. The van der Waals surface area contributed by atoms with Crippen LogP contribution >= 0.6 is 28.1 Å². The first kappa shape index (κ1) is 13.4. The summed E-state index contributed by atoms with van der Waals surface area (Å²) in [6.45, 7) is 0. The van der Waals surface area contributed by atoms with Gasteiger partial charge in [-0.25, -0.2) is 13.2 Å². The summed E-state index contributed by atoms with van der Waals surface area (Å²) in [5.41, 5.74) is 0.237.